The maximum atomic E-state index is 11.6. The largest absolute Gasteiger partial charge is 0.393 e. The van der Waals surface area contributed by atoms with Gasteiger partial charge in [-0.1, -0.05) is 34.1 Å². The van der Waals surface area contributed by atoms with Gasteiger partial charge in [-0.15, -0.1) is 0 Å². The fraction of sp³-hybridized carbons (Fsp3) is 1.00. The Balaban J connectivity index is 1.51. The molecule has 0 aromatic carbocycles. The van der Waals surface area contributed by atoms with Crippen LogP contribution in [0.1, 0.15) is 106 Å². The van der Waals surface area contributed by atoms with Crippen LogP contribution in [0.2, 0.25) is 0 Å². The lowest BCUT2D eigenvalue weighted by Gasteiger charge is -2.65. The van der Waals surface area contributed by atoms with Crippen LogP contribution in [0.5, 0.6) is 0 Å². The number of fused-ring (bicyclic) bond motifs is 5. The zero-order valence-corrected chi connectivity index (χ0v) is 21.5. The van der Waals surface area contributed by atoms with Crippen molar-refractivity contribution in [2.24, 2.45) is 46.3 Å². The first-order valence-electron chi connectivity index (χ1n) is 13.5. The number of aliphatic hydroxyl groups excluding tert-OH is 2. The normalized spacial score (nSPS) is 50.8. The minimum Gasteiger partial charge on any atom is -0.393 e. The van der Waals surface area contributed by atoms with E-state index in [1.807, 2.05) is 13.8 Å². The summed E-state index contributed by atoms with van der Waals surface area (Å²) in [6, 6.07) is 0. The van der Waals surface area contributed by atoms with Gasteiger partial charge in [0.05, 0.1) is 23.4 Å². The molecule has 0 spiro atoms. The molecule has 0 bridgehead atoms. The van der Waals surface area contributed by atoms with E-state index in [0.29, 0.717) is 53.8 Å². The van der Waals surface area contributed by atoms with Gasteiger partial charge in [0.1, 0.15) is 0 Å². The molecule has 0 saturated heterocycles. The summed E-state index contributed by atoms with van der Waals surface area (Å²) in [7, 11) is 0. The van der Waals surface area contributed by atoms with Gasteiger partial charge in [-0.3, -0.25) is 0 Å². The number of aliphatic hydroxyl groups is 4. The van der Waals surface area contributed by atoms with E-state index in [-0.39, 0.29) is 5.41 Å². The predicted molar refractivity (Wildman–Crippen MR) is 128 cm³/mol. The molecule has 0 unspecified atom stereocenters. The van der Waals surface area contributed by atoms with E-state index in [1.54, 1.807) is 0 Å². The second kappa shape index (κ2) is 8.21. The van der Waals surface area contributed by atoms with E-state index in [0.717, 1.165) is 25.7 Å². The van der Waals surface area contributed by atoms with E-state index in [2.05, 4.69) is 27.7 Å². The molecular formula is C28H50O4. The Kier molecular flexibility index (Phi) is 6.40. The summed E-state index contributed by atoms with van der Waals surface area (Å²) in [5.74, 6) is 3.22. The summed E-state index contributed by atoms with van der Waals surface area (Å²) in [6.07, 6.45) is 8.50. The van der Waals surface area contributed by atoms with Gasteiger partial charge in [-0.05, 0) is 106 Å². The number of hydrogen-bond acceptors (Lipinski definition) is 4. The molecule has 4 aliphatic rings. The third-order valence-electron chi connectivity index (χ3n) is 11.9. The predicted octanol–water partition coefficient (Wildman–Crippen LogP) is 4.92. The van der Waals surface area contributed by atoms with Crippen LogP contribution in [-0.4, -0.2) is 43.8 Å². The summed E-state index contributed by atoms with van der Waals surface area (Å²) >= 11 is 0. The van der Waals surface area contributed by atoms with Crippen LogP contribution in [0.3, 0.4) is 0 Å². The highest BCUT2D eigenvalue weighted by molar-refractivity contribution is 5.17. The first kappa shape index (κ1) is 24.9. The highest BCUT2D eigenvalue weighted by Crippen LogP contribution is 2.69. The summed E-state index contributed by atoms with van der Waals surface area (Å²) < 4.78 is 0. The lowest BCUT2D eigenvalue weighted by atomic mass is 9.42. The third-order valence-corrected chi connectivity index (χ3v) is 11.9. The van der Waals surface area contributed by atoms with Gasteiger partial charge in [-0.25, -0.2) is 0 Å². The quantitative estimate of drug-likeness (QED) is 0.479. The maximum absolute atomic E-state index is 11.6. The molecule has 0 aromatic rings. The Morgan fingerprint density at radius 1 is 0.938 bits per heavy atom. The summed E-state index contributed by atoms with van der Waals surface area (Å²) in [6.45, 7) is 13.2. The minimum absolute atomic E-state index is 0.290. The molecule has 0 amide bonds. The van der Waals surface area contributed by atoms with E-state index in [1.165, 1.54) is 25.7 Å². The molecule has 0 aromatic heterocycles. The molecule has 4 heteroatoms. The first-order valence-corrected chi connectivity index (χ1v) is 13.5. The SMILES string of the molecule is C[C@H](CC[C@@H](C)C(C)(C)O)[C@H]1CC[C@H]2[C@@H]3C[C@@H](O)[C@@]4(O)C[C@@H](O)CC[C@]4(C)[C@H]3CC[C@]12C. The molecule has 4 N–H and O–H groups in total. The molecule has 186 valence electrons. The molecule has 4 nitrogen and oxygen atoms in total. The second-order valence-corrected chi connectivity index (χ2v) is 13.7. The van der Waals surface area contributed by atoms with Gasteiger partial charge in [0.2, 0.25) is 0 Å². The molecule has 4 aliphatic carbocycles. The van der Waals surface area contributed by atoms with Crippen molar-refractivity contribution >= 4 is 0 Å². The average Bonchev–Trinajstić information content (AvgIpc) is 3.05. The summed E-state index contributed by atoms with van der Waals surface area (Å²) in [5.41, 5.74) is -1.73. The molecule has 4 saturated carbocycles. The molecule has 4 fully saturated rings. The van der Waals surface area contributed by atoms with Crippen LogP contribution in [0.25, 0.3) is 0 Å². The van der Waals surface area contributed by atoms with Crippen molar-refractivity contribution in [1.82, 2.24) is 0 Å². The van der Waals surface area contributed by atoms with Crippen molar-refractivity contribution in [2.45, 2.75) is 129 Å². The Labute approximate surface area is 196 Å². The van der Waals surface area contributed by atoms with Crippen LogP contribution in [0, 0.1) is 46.3 Å². The van der Waals surface area contributed by atoms with Crippen molar-refractivity contribution in [3.63, 3.8) is 0 Å². The monoisotopic (exact) mass is 450 g/mol. The second-order valence-electron chi connectivity index (χ2n) is 13.7. The fourth-order valence-electron chi connectivity index (χ4n) is 9.30. The molecule has 0 heterocycles. The van der Waals surface area contributed by atoms with Crippen molar-refractivity contribution in [2.75, 3.05) is 0 Å². The van der Waals surface area contributed by atoms with Crippen LogP contribution in [-0.2, 0) is 0 Å². The Morgan fingerprint density at radius 3 is 2.28 bits per heavy atom. The molecule has 0 radical (unpaired) electrons. The zero-order valence-electron chi connectivity index (χ0n) is 21.5. The molecular weight excluding hydrogens is 400 g/mol. The third kappa shape index (κ3) is 3.71. The summed E-state index contributed by atoms with van der Waals surface area (Å²) in [4.78, 5) is 0. The molecule has 32 heavy (non-hydrogen) atoms. The highest BCUT2D eigenvalue weighted by atomic mass is 16.3. The molecule has 0 aliphatic heterocycles. The minimum atomic E-state index is -1.14. The van der Waals surface area contributed by atoms with Crippen LogP contribution in [0.4, 0.5) is 0 Å². The van der Waals surface area contributed by atoms with Gasteiger partial charge >= 0.3 is 0 Å². The zero-order chi connectivity index (χ0) is 23.7. The van der Waals surface area contributed by atoms with Crippen LogP contribution < -0.4 is 0 Å². The summed E-state index contributed by atoms with van der Waals surface area (Å²) in [5, 5.41) is 43.5. The van der Waals surface area contributed by atoms with Gasteiger partial charge in [0.15, 0.2) is 0 Å². The van der Waals surface area contributed by atoms with E-state index >= 15 is 0 Å². The van der Waals surface area contributed by atoms with Crippen molar-refractivity contribution in [1.29, 1.82) is 0 Å². The fourth-order valence-corrected chi connectivity index (χ4v) is 9.30. The Morgan fingerprint density at radius 2 is 1.62 bits per heavy atom. The maximum Gasteiger partial charge on any atom is 0.0985 e. The smallest absolute Gasteiger partial charge is 0.0985 e. The van der Waals surface area contributed by atoms with Crippen molar-refractivity contribution < 1.29 is 20.4 Å². The topological polar surface area (TPSA) is 80.9 Å². The Hall–Kier alpha value is -0.160. The average molecular weight is 451 g/mol. The number of hydrogen-bond donors (Lipinski definition) is 4. The van der Waals surface area contributed by atoms with E-state index in [9.17, 15) is 20.4 Å². The van der Waals surface area contributed by atoms with Gasteiger partial charge in [-0.2, -0.15) is 0 Å². The van der Waals surface area contributed by atoms with Gasteiger partial charge in [0, 0.05) is 11.8 Å². The van der Waals surface area contributed by atoms with Gasteiger partial charge in [0.25, 0.3) is 0 Å². The highest BCUT2D eigenvalue weighted by Gasteiger charge is 2.67. The molecule has 11 atom stereocenters. The van der Waals surface area contributed by atoms with Crippen LogP contribution in [0.15, 0.2) is 0 Å². The van der Waals surface area contributed by atoms with Gasteiger partial charge < -0.3 is 20.4 Å². The van der Waals surface area contributed by atoms with E-state index in [4.69, 9.17) is 0 Å². The van der Waals surface area contributed by atoms with Crippen molar-refractivity contribution in [3.05, 3.63) is 0 Å². The van der Waals surface area contributed by atoms with Crippen LogP contribution >= 0.6 is 0 Å². The first-order chi connectivity index (χ1) is 14.7. The number of rotatable bonds is 5. The standard InChI is InChI=1S/C28H50O4/c1-17(7-8-18(2)25(3,4)31)21-9-10-22-20-15-24(30)28(32)16-19(29)11-14-27(28,6)23(20)12-13-26(21,22)5/h17-24,29-32H,7-16H2,1-6H3/t17-,18-,19+,20+,21-,22+,23+,24-,26-,27-,28+/m1/s1. The van der Waals surface area contributed by atoms with Crippen molar-refractivity contribution in [3.8, 4) is 0 Å². The lowest BCUT2D eigenvalue weighted by molar-refractivity contribution is -0.264. The Bertz CT molecular complexity index is 687. The molecule has 4 rings (SSSR count). The van der Waals surface area contributed by atoms with E-state index < -0.39 is 23.4 Å². The lowest BCUT2D eigenvalue weighted by Crippen LogP contribution is -2.68.